The molecule has 0 N–H and O–H groups in total. The Hall–Kier alpha value is -9.56. The molecule has 0 fully saturated rings. The third kappa shape index (κ3) is 6.02. The highest BCUT2D eigenvalue weighted by atomic mass is 15.1. The third-order valence-electron chi connectivity index (χ3n) is 18.2. The fourth-order valence-corrected chi connectivity index (χ4v) is 14.9. The van der Waals surface area contributed by atoms with Gasteiger partial charge in [-0.05, 0) is 165 Å². The smallest absolute Gasteiger partial charge is 0.0720 e. The highest BCUT2D eigenvalue weighted by molar-refractivity contribution is 6.03. The topological polar surface area (TPSA) is 3.24 Å². The average Bonchev–Trinajstić information content (AvgIpc) is 2.19. The minimum atomic E-state index is -0.551. The number of anilines is 3. The summed E-state index contributed by atoms with van der Waals surface area (Å²) in [7, 11) is 0. The lowest BCUT2D eigenvalue weighted by molar-refractivity contribution is 0.633. The second-order valence-electron chi connectivity index (χ2n) is 22.2. The van der Waals surface area contributed by atoms with Gasteiger partial charge in [0.15, 0.2) is 0 Å². The molecule has 2 spiro atoms. The predicted molar refractivity (Wildman–Crippen MR) is 325 cm³/mol. The lowest BCUT2D eigenvalue weighted by Crippen LogP contribution is -2.43. The summed E-state index contributed by atoms with van der Waals surface area (Å²) in [6.07, 6.45) is 4.63. The van der Waals surface area contributed by atoms with Crippen LogP contribution in [-0.2, 0) is 16.2 Å². The van der Waals surface area contributed by atoms with E-state index in [1.807, 2.05) is 0 Å². The third-order valence-corrected chi connectivity index (χ3v) is 18.2. The first kappa shape index (κ1) is 44.7. The van der Waals surface area contributed by atoms with E-state index in [-0.39, 0.29) is 5.41 Å². The molecular weight excluding hydrogens is 939 g/mol. The van der Waals surface area contributed by atoms with E-state index in [0.29, 0.717) is 0 Å². The van der Waals surface area contributed by atoms with E-state index in [4.69, 9.17) is 0 Å². The van der Waals surface area contributed by atoms with Crippen molar-refractivity contribution in [2.45, 2.75) is 30.1 Å². The Balaban J connectivity index is 0.823. The average molecular weight is 992 g/mol. The highest BCUT2D eigenvalue weighted by Gasteiger charge is 2.59. The zero-order valence-electron chi connectivity index (χ0n) is 43.6. The molecule has 366 valence electrons. The summed E-state index contributed by atoms with van der Waals surface area (Å²) in [5.41, 5.74) is 28.4. The van der Waals surface area contributed by atoms with Crippen LogP contribution < -0.4 is 4.90 Å². The van der Waals surface area contributed by atoms with Crippen molar-refractivity contribution in [2.24, 2.45) is 0 Å². The van der Waals surface area contributed by atoms with Crippen LogP contribution in [0.5, 0.6) is 0 Å². The monoisotopic (exact) mass is 991 g/mol. The largest absolute Gasteiger partial charge is 0.310 e. The number of benzene rings is 12. The van der Waals surface area contributed by atoms with Gasteiger partial charge in [-0.2, -0.15) is 0 Å². The molecule has 0 saturated heterocycles. The van der Waals surface area contributed by atoms with Crippen LogP contribution in [0.2, 0.25) is 0 Å². The van der Waals surface area contributed by atoms with Crippen LogP contribution in [0.15, 0.2) is 273 Å². The SMILES string of the molecule is CC1(C)c2cc(/C=C/c3ccc(-c4ccc5c(c4)C4(c6ccccc6-c6ccccc64)c4ccccc4C54c5ccccc5-c5ccccc54)c4ccccc34)ccc2-c2ccc(N(c3ccccc3)c3ccccc3)cc21. The van der Waals surface area contributed by atoms with Gasteiger partial charge in [-0.3, -0.25) is 0 Å². The maximum atomic E-state index is 2.58. The van der Waals surface area contributed by atoms with Crippen LogP contribution >= 0.6 is 0 Å². The summed E-state index contributed by atoms with van der Waals surface area (Å²) < 4.78 is 0. The maximum Gasteiger partial charge on any atom is 0.0720 e. The summed E-state index contributed by atoms with van der Waals surface area (Å²) >= 11 is 0. The van der Waals surface area contributed by atoms with Crippen molar-refractivity contribution in [3.8, 4) is 44.5 Å². The van der Waals surface area contributed by atoms with Gasteiger partial charge in [0.05, 0.1) is 10.8 Å². The van der Waals surface area contributed by atoms with Crippen molar-refractivity contribution in [1.29, 1.82) is 0 Å². The molecule has 0 radical (unpaired) electrons. The Morgan fingerprint density at radius 3 is 1.26 bits per heavy atom. The van der Waals surface area contributed by atoms with Crippen molar-refractivity contribution >= 4 is 40.0 Å². The molecule has 0 saturated carbocycles. The predicted octanol–water partition coefficient (Wildman–Crippen LogP) is 19.5. The fourth-order valence-electron chi connectivity index (χ4n) is 14.9. The molecule has 1 heteroatoms. The number of rotatable bonds is 6. The van der Waals surface area contributed by atoms with Gasteiger partial charge >= 0.3 is 0 Å². The molecule has 0 heterocycles. The molecule has 1 nitrogen and oxygen atoms in total. The minimum absolute atomic E-state index is 0.194. The molecule has 0 amide bonds. The first-order chi connectivity index (χ1) is 38.5. The zero-order chi connectivity index (χ0) is 51.7. The Morgan fingerprint density at radius 2 is 0.692 bits per heavy atom. The van der Waals surface area contributed by atoms with E-state index >= 15 is 0 Å². The van der Waals surface area contributed by atoms with Crippen molar-refractivity contribution in [2.75, 3.05) is 4.90 Å². The number of hydrogen-bond donors (Lipinski definition) is 0. The van der Waals surface area contributed by atoms with Crippen LogP contribution in [0, 0.1) is 0 Å². The van der Waals surface area contributed by atoms with Crippen molar-refractivity contribution in [3.05, 3.63) is 340 Å². The molecule has 0 bridgehead atoms. The highest BCUT2D eigenvalue weighted by Crippen LogP contribution is 2.68. The quantitative estimate of drug-likeness (QED) is 0.150. The number of hydrogen-bond acceptors (Lipinski definition) is 1. The minimum Gasteiger partial charge on any atom is -0.310 e. The van der Waals surface area contributed by atoms with Gasteiger partial charge in [0.2, 0.25) is 0 Å². The van der Waals surface area contributed by atoms with E-state index in [1.165, 1.54) is 122 Å². The van der Waals surface area contributed by atoms with E-state index in [9.17, 15) is 0 Å². The van der Waals surface area contributed by atoms with Gasteiger partial charge in [-0.1, -0.05) is 257 Å². The van der Waals surface area contributed by atoms with Gasteiger partial charge < -0.3 is 4.90 Å². The van der Waals surface area contributed by atoms with Crippen molar-refractivity contribution in [3.63, 3.8) is 0 Å². The molecule has 0 aliphatic heterocycles. The Kier molecular flexibility index (Phi) is 9.58. The fraction of sp³-hybridized carbons (Fsp3) is 0.0649. The first-order valence-corrected chi connectivity index (χ1v) is 27.5. The van der Waals surface area contributed by atoms with Gasteiger partial charge in [-0.15, -0.1) is 0 Å². The molecule has 78 heavy (non-hydrogen) atoms. The number of para-hydroxylation sites is 2. The van der Waals surface area contributed by atoms with Gasteiger partial charge in [0.25, 0.3) is 0 Å². The van der Waals surface area contributed by atoms with Crippen LogP contribution in [0.4, 0.5) is 17.1 Å². The van der Waals surface area contributed by atoms with E-state index in [2.05, 4.69) is 304 Å². The molecule has 0 atom stereocenters. The summed E-state index contributed by atoms with van der Waals surface area (Å²) in [4.78, 5) is 2.36. The number of fused-ring (bicyclic) bond motifs is 20. The van der Waals surface area contributed by atoms with Gasteiger partial charge in [0.1, 0.15) is 0 Å². The van der Waals surface area contributed by atoms with Gasteiger partial charge in [-0.25, -0.2) is 0 Å². The van der Waals surface area contributed by atoms with E-state index in [0.717, 1.165) is 17.1 Å². The molecule has 0 unspecified atom stereocenters. The Bertz CT molecular complexity index is 4350. The summed E-state index contributed by atoms with van der Waals surface area (Å²) in [5.74, 6) is 0. The van der Waals surface area contributed by atoms with Gasteiger partial charge in [0, 0.05) is 22.5 Å². The molecule has 0 aromatic heterocycles. The Labute approximate surface area is 456 Å². The maximum absolute atomic E-state index is 2.58. The van der Waals surface area contributed by atoms with E-state index < -0.39 is 10.8 Å². The summed E-state index contributed by atoms with van der Waals surface area (Å²) in [5, 5.41) is 2.48. The molecule has 4 aliphatic carbocycles. The molecule has 16 rings (SSSR count). The lowest BCUT2D eigenvalue weighted by atomic mass is 9.52. The molecule has 12 aromatic rings. The standard InChI is InChI=1S/C77H53N/c1-75(2)72-47-50(38-43-63(72)64-45-42-55(49-73(64)75)78(53-21-5-3-6-22-53)54-23-7-4-8-24-54)37-39-51-40-44-57(58-26-10-9-25-56(51)58)52-41-46-71-74(48-52)77(67-33-17-13-29-61(67)62-30-14-18-34-68(62)77)70-36-20-19-35-69(70)76(71)65-31-15-11-27-59(65)60-28-12-16-32-66(60)76/h3-49H,1-2H3/b39-37+. The second-order valence-corrected chi connectivity index (χ2v) is 22.2. The Morgan fingerprint density at radius 1 is 0.269 bits per heavy atom. The summed E-state index contributed by atoms with van der Waals surface area (Å²) in [6, 6.07) is 103. The zero-order valence-corrected chi connectivity index (χ0v) is 43.6. The van der Waals surface area contributed by atoms with Crippen LogP contribution in [0.1, 0.15) is 80.6 Å². The molecule has 4 aliphatic rings. The van der Waals surface area contributed by atoms with Crippen molar-refractivity contribution < 1.29 is 0 Å². The van der Waals surface area contributed by atoms with E-state index in [1.54, 1.807) is 0 Å². The number of nitrogens with zero attached hydrogens (tertiary/aromatic N) is 1. The lowest BCUT2D eigenvalue weighted by Gasteiger charge is -2.49. The second kappa shape index (κ2) is 16.7. The summed E-state index contributed by atoms with van der Waals surface area (Å²) in [6.45, 7) is 4.76. The first-order valence-electron chi connectivity index (χ1n) is 27.5. The van der Waals surface area contributed by atoms with Crippen molar-refractivity contribution in [1.82, 2.24) is 0 Å². The van der Waals surface area contributed by atoms with Crippen LogP contribution in [0.3, 0.4) is 0 Å². The molecular formula is C77H53N. The normalized spacial score (nSPS) is 14.8. The van der Waals surface area contributed by atoms with Crippen LogP contribution in [-0.4, -0.2) is 0 Å². The molecule has 12 aromatic carbocycles. The van der Waals surface area contributed by atoms with Crippen LogP contribution in [0.25, 0.3) is 67.4 Å².